The summed E-state index contributed by atoms with van der Waals surface area (Å²) in [6, 6.07) is 1.65. The third-order valence-electron chi connectivity index (χ3n) is 25.2. The van der Waals surface area contributed by atoms with Gasteiger partial charge >= 0.3 is 31.9 Å². The standard InChI is InChI=1S/C42H61N13O13P2Si.C39H58N12O12P2Si.C3H5NO/c1-22(2)25(56)17-28-47-34-31(37(58)48-28)45-20-54(34)39-24(5)29-26(66-39)18-64-70(61,62-15-12-13-43)53-30-27(19-65-69(60,52-29)63-16-14-44-9)67-40(33(30)68-71(10,11)42(6,7)8)55-21-46-32-35(55)49-41(51-38(32)59)50-36(57)23(3)4;1-19(2)22(52)14-25-44-31-28(34(54)45-25)42-17-50(31)36-21(5)26(41)23(61-36)16-60-65(57,59-13-11-12-40)49-27-24(15-58-64-56)62-37(30(27)63-66(9,10)39(6,7)8)51-18-43-29-32(51)46-38(48-35(29)55)47-33(53)20(3)4;4-2-1-3-5/h20-24,26-27,29-30,33,39-40H,12,14-19H2,1-8,10-11H3,(H,52,60)(H,53,61)(H,47,48,58)(H2,49,50,51,57,59);17-21,23-24,26-27,30,36-37H,11,13-16,41H2,1-10H3,(H,49,57)(H,44,45,54)(H2,46,47,48,53,55);5H,1,3H2/t24-,26-,27-,29+,30-,33-,39-,40-,69?,70?;21-,23-,24-,26+,27-,30-,36-,37-,65?;/m11./s1. The Morgan fingerprint density at radius 2 is 0.993 bits per heavy atom. The molecule has 8 aromatic rings. The summed E-state index contributed by atoms with van der Waals surface area (Å²) in [6.07, 6.45) is -5.70. The van der Waals surface area contributed by atoms with E-state index in [1.165, 1.54) is 39.0 Å². The van der Waals surface area contributed by atoms with E-state index >= 15 is 13.7 Å². The highest BCUT2D eigenvalue weighted by Gasteiger charge is 2.58. The number of imidazole rings is 4. The molecule has 0 bridgehead atoms. The summed E-state index contributed by atoms with van der Waals surface area (Å²) in [7, 11) is -19.9. The Morgan fingerprint density at radius 1 is 0.585 bits per heavy atom. The Balaban J connectivity index is 0.000000259. The molecule has 5 aliphatic heterocycles. The number of Topliss-reactive ketones (excluding diaryl/α,β-unsaturated/α-hetero) is 2. The normalized spacial score (nSPS) is 26.0. The maximum atomic E-state index is 15.3. The second-order valence-electron chi connectivity index (χ2n) is 38.8. The van der Waals surface area contributed by atoms with Crippen LogP contribution in [-0.4, -0.2) is 243 Å². The van der Waals surface area contributed by atoms with Crippen molar-refractivity contribution in [2.45, 2.75) is 265 Å². The zero-order valence-corrected chi connectivity index (χ0v) is 88.0. The first-order chi connectivity index (χ1) is 66.8. The molecule has 0 aliphatic carbocycles. The number of nitrogens with one attached hydrogen (secondary N) is 9. The number of aliphatic hydroxyl groups is 1. The fourth-order valence-electron chi connectivity index (χ4n) is 15.0. The Bertz CT molecular complexity index is 6480. The number of nitrogens with two attached hydrogens (primary N) is 1. The lowest BCUT2D eigenvalue weighted by Crippen LogP contribution is -2.53. The third kappa shape index (κ3) is 26.3. The number of nitriles is 3. The van der Waals surface area contributed by atoms with Crippen molar-refractivity contribution in [2.75, 3.05) is 70.0 Å². The topological polar surface area (TPSA) is 693 Å². The third-order valence-corrected chi connectivity index (χ3v) is 39.3. The predicted octanol–water partition coefficient (Wildman–Crippen LogP) is 8.37. The average molecular weight is 2090 g/mol. The van der Waals surface area contributed by atoms with E-state index in [-0.39, 0.29) is 168 Å². The van der Waals surface area contributed by atoms with Crippen molar-refractivity contribution in [2.24, 2.45) is 41.2 Å². The number of H-pyrrole nitrogens is 4. The Morgan fingerprint density at radius 3 is 1.43 bits per heavy atom. The van der Waals surface area contributed by atoms with Crippen LogP contribution in [0.1, 0.15) is 167 Å². The minimum absolute atomic E-state index is 0.00125. The van der Waals surface area contributed by atoms with Gasteiger partial charge in [-0.3, -0.25) is 109 Å². The van der Waals surface area contributed by atoms with Gasteiger partial charge in [-0.15, -0.1) is 0 Å². The molecule has 5 aliphatic rings. The molecule has 3 unspecified atom stereocenters. The van der Waals surface area contributed by atoms with E-state index in [9.17, 15) is 53.4 Å². The van der Waals surface area contributed by atoms with Gasteiger partial charge in [0.05, 0.1) is 146 Å². The summed E-state index contributed by atoms with van der Waals surface area (Å²) in [5.41, 5.74) is 4.45. The minimum atomic E-state index is -4.57. The van der Waals surface area contributed by atoms with Gasteiger partial charge in [-0.25, -0.2) is 70.0 Å². The van der Waals surface area contributed by atoms with E-state index in [2.05, 4.69) is 90.5 Å². The average Bonchev–Trinajstić information content (AvgIpc) is 1.62. The number of hydrogen-bond acceptors (Lipinski definition) is 38. The molecule has 8 aromatic heterocycles. The van der Waals surface area contributed by atoms with E-state index in [1.54, 1.807) is 72.9 Å². The minimum Gasteiger partial charge on any atom is -0.408 e. The molecule has 774 valence electrons. The largest absolute Gasteiger partial charge is 0.408 e. The van der Waals surface area contributed by atoms with Crippen LogP contribution in [0.2, 0.25) is 36.3 Å². The maximum Gasteiger partial charge on any atom is 0.406 e. The first-order valence-electron chi connectivity index (χ1n) is 46.0. The Hall–Kier alpha value is -9.86. The smallest absolute Gasteiger partial charge is 0.406 e. The van der Waals surface area contributed by atoms with Gasteiger partial charge in [0, 0.05) is 41.5 Å². The van der Waals surface area contributed by atoms with Gasteiger partial charge < -0.3 is 53.5 Å². The Labute approximate surface area is 819 Å². The summed E-state index contributed by atoms with van der Waals surface area (Å²) in [5.74, 6) is -3.68. The van der Waals surface area contributed by atoms with Gasteiger partial charge in [-0.05, 0) is 36.3 Å². The number of ketones is 2. The number of carbonyl (C=O) groups excluding carboxylic acids is 4. The van der Waals surface area contributed by atoms with Gasteiger partial charge in [0.15, 0.2) is 73.7 Å². The van der Waals surface area contributed by atoms with Crippen molar-refractivity contribution in [1.29, 1.82) is 15.8 Å². The van der Waals surface area contributed by atoms with Gasteiger partial charge in [0.1, 0.15) is 72.8 Å². The van der Waals surface area contributed by atoms with Crippen LogP contribution in [-0.2, 0) is 110 Å². The van der Waals surface area contributed by atoms with E-state index in [0.29, 0.717) is 0 Å². The highest BCUT2D eigenvalue weighted by molar-refractivity contribution is 7.52. The highest BCUT2D eigenvalue weighted by Crippen LogP contribution is 2.56. The molecule has 0 radical (unpaired) electrons. The molecule has 19 atom stereocenters. The quantitative estimate of drug-likeness (QED) is 0.00759. The van der Waals surface area contributed by atoms with E-state index < -0.39 is 217 Å². The molecule has 142 heavy (non-hydrogen) atoms. The van der Waals surface area contributed by atoms with Gasteiger partial charge in [-0.1, -0.05) is 111 Å². The van der Waals surface area contributed by atoms with Gasteiger partial charge in [0.25, 0.3) is 22.2 Å². The predicted molar refractivity (Wildman–Crippen MR) is 515 cm³/mol. The molecule has 58 heteroatoms. The number of ether oxygens (including phenoxy) is 4. The number of carbonyl (C=O) groups is 4. The van der Waals surface area contributed by atoms with Gasteiger partial charge in [-0.2, -0.15) is 25.8 Å². The van der Waals surface area contributed by atoms with Crippen LogP contribution in [0.3, 0.4) is 0 Å². The number of anilines is 2. The SMILES string of the molecule is CC(C)C(=O)Cc1nc2c(ncn2[C@@H]2O[C@H](COP(=O)(N[C@H]3[C@@H](O[Si](C)(C)C(C)(C)C)[C@H](n4cnc5c(=O)[nH]c(NC(=O)C(C)C)nc54)O[C@@H]3COP=O)OCCC#N)[C@@H](N)[C@H]2C)c(=O)[nH]1.N#CCCO.[C-]#[N+]CCOP1(=O)N[C@H]2[C@@H](C)[C@H](n3cnc4c(=O)[nH]c(CC(=O)C(C)C)nc43)O[C@@H]2COP(=O)(OCCC#N)N[C@H]2[C@@H](O[Si](C)(C)C(C)(C)C)[C@H](n3cnc4c(=O)[nH]c(NC(=O)C(C)C)nc43)O[C@@H]2CO1. The fourth-order valence-corrected chi connectivity index (χ4v) is 22.6. The number of nitrogens with zero attached hydrogens (tertiary/aromatic N) is 16. The molecule has 0 spiro atoms. The van der Waals surface area contributed by atoms with E-state index in [1.807, 2.05) is 86.8 Å². The lowest BCUT2D eigenvalue weighted by atomic mass is 10.00. The molecule has 5 saturated heterocycles. The molecule has 13 rings (SSSR count). The summed E-state index contributed by atoms with van der Waals surface area (Å²) in [5, 5.41) is 47.9. The van der Waals surface area contributed by atoms with E-state index in [0.717, 1.165) is 0 Å². The summed E-state index contributed by atoms with van der Waals surface area (Å²) in [6.45, 7) is 41.7. The molecular weight excluding hydrogens is 1970 g/mol. The first-order valence-corrected chi connectivity index (χ1v) is 57.2. The monoisotopic (exact) mass is 2090 g/mol. The van der Waals surface area contributed by atoms with E-state index in [4.69, 9.17) is 82.1 Å². The molecular formula is C84H124N26O26P4Si2. The molecule has 12 N–H and O–H groups in total. The zero-order chi connectivity index (χ0) is 104. The number of aromatic nitrogens is 16. The maximum absolute atomic E-state index is 15.3. The van der Waals surface area contributed by atoms with Crippen molar-refractivity contribution in [3.63, 3.8) is 0 Å². The van der Waals surface area contributed by atoms with Crippen LogP contribution in [0.4, 0.5) is 11.9 Å². The van der Waals surface area contributed by atoms with Crippen LogP contribution in [0.15, 0.2) is 44.5 Å². The molecule has 0 saturated carbocycles. The number of amides is 2. The number of aromatic amines is 4. The highest BCUT2D eigenvalue weighted by atomic mass is 31.2. The van der Waals surface area contributed by atoms with Crippen LogP contribution < -0.4 is 53.9 Å². The summed E-state index contributed by atoms with van der Waals surface area (Å²) >= 11 is 0. The lowest BCUT2D eigenvalue weighted by molar-refractivity contribution is -0.122. The van der Waals surface area contributed by atoms with Crippen LogP contribution in [0.25, 0.3) is 49.5 Å². The molecule has 13 heterocycles. The van der Waals surface area contributed by atoms with Gasteiger partial charge in [0.2, 0.25) is 30.3 Å². The fraction of sp³-hybridized carbons (Fsp3) is 0.667. The molecule has 0 aromatic carbocycles. The number of fused-ring (bicyclic) bond motifs is 6. The first kappa shape index (κ1) is 112. The molecule has 5 fully saturated rings. The second-order valence-corrected chi connectivity index (χ2v) is 54.0. The van der Waals surface area contributed by atoms with Crippen molar-refractivity contribution >= 4 is 128 Å². The van der Waals surface area contributed by atoms with Crippen LogP contribution >= 0.6 is 31.9 Å². The number of aliphatic hydroxyl groups excluding tert-OH is 1. The van der Waals surface area contributed by atoms with Crippen LogP contribution in [0, 0.1) is 76.1 Å². The van der Waals surface area contributed by atoms with Crippen molar-refractivity contribution in [3.05, 3.63) is 89.8 Å². The van der Waals surface area contributed by atoms with Crippen molar-refractivity contribution < 1.29 is 102 Å². The lowest BCUT2D eigenvalue weighted by Gasteiger charge is -2.41. The van der Waals surface area contributed by atoms with Crippen molar-refractivity contribution in [3.8, 4) is 18.2 Å². The molecule has 52 nitrogen and oxygen atoms in total. The molecule has 2 amide bonds. The number of hydrogen-bond donors (Lipinski definition) is 11. The second kappa shape index (κ2) is 47.1. The van der Waals surface area contributed by atoms with Crippen LogP contribution in [0.5, 0.6) is 0 Å². The Kier molecular flexibility index (Phi) is 37.3. The summed E-state index contributed by atoms with van der Waals surface area (Å²) in [4.78, 5) is 153. The zero-order valence-electron chi connectivity index (χ0n) is 82.4. The number of rotatable bonds is 36. The van der Waals surface area contributed by atoms with Crippen molar-refractivity contribution in [1.82, 2.24) is 93.3 Å². The summed E-state index contributed by atoms with van der Waals surface area (Å²) < 4.78 is 145.